The number of ether oxygens (including phenoxy) is 1. The van der Waals surface area contributed by atoms with Crippen molar-refractivity contribution >= 4 is 34.2 Å². The van der Waals surface area contributed by atoms with Gasteiger partial charge in [0.15, 0.2) is 0 Å². The van der Waals surface area contributed by atoms with Crippen LogP contribution in [0.4, 0.5) is 5.00 Å². The van der Waals surface area contributed by atoms with Gasteiger partial charge in [-0.2, -0.15) is 0 Å². The van der Waals surface area contributed by atoms with Gasteiger partial charge in [-0.1, -0.05) is 48.4 Å². The Balaban J connectivity index is 1.92. The minimum absolute atomic E-state index is 0.0225. The minimum Gasteiger partial charge on any atom is -0.481 e. The molecule has 2 N–H and O–H groups in total. The second-order valence-corrected chi connectivity index (χ2v) is 9.34. The first-order valence-electron chi connectivity index (χ1n) is 10.8. The van der Waals surface area contributed by atoms with Gasteiger partial charge in [-0.25, -0.2) is 4.79 Å². The number of carbonyl (C=O) groups excluding carboxylic acids is 2. The third-order valence-corrected chi connectivity index (χ3v) is 7.36. The number of hydrogen-bond acceptors (Lipinski definition) is 5. The Bertz CT molecular complexity index is 1040. The van der Waals surface area contributed by atoms with Crippen molar-refractivity contribution in [3.05, 3.63) is 63.5 Å². The van der Waals surface area contributed by atoms with Crippen LogP contribution in [0.2, 0.25) is 0 Å². The van der Waals surface area contributed by atoms with Gasteiger partial charge < -0.3 is 15.2 Å². The Kier molecular flexibility index (Phi) is 7.51. The van der Waals surface area contributed by atoms with Crippen molar-refractivity contribution in [2.75, 3.05) is 11.9 Å². The van der Waals surface area contributed by atoms with E-state index in [0.29, 0.717) is 23.4 Å². The number of thiophene rings is 1. The molecule has 170 valence electrons. The lowest BCUT2D eigenvalue weighted by Crippen LogP contribution is -2.36. The van der Waals surface area contributed by atoms with E-state index in [1.54, 1.807) is 13.0 Å². The average Bonchev–Trinajstić information content (AvgIpc) is 3.19. The van der Waals surface area contributed by atoms with Gasteiger partial charge in [0.1, 0.15) is 5.00 Å². The number of carboxylic acid groups (broad SMARTS) is 1. The van der Waals surface area contributed by atoms with Crippen LogP contribution in [0.3, 0.4) is 0 Å². The van der Waals surface area contributed by atoms with Crippen molar-refractivity contribution < 1.29 is 24.2 Å². The standard InChI is InChI=1S/C25H29NO5S/c1-5-31-25(30)20-13-21(16(4)17-9-7-6-8-10-17)32-23(20)26-22(27)18-11-14(2)15(3)12-19(18)24(28)29/h6-10,13,16,18-19H,5,11-12H2,1-4H3,(H,26,27)(H,28,29)/t16-,18-,19+/m0/s1. The van der Waals surface area contributed by atoms with E-state index < -0.39 is 23.8 Å². The molecule has 1 aliphatic rings. The van der Waals surface area contributed by atoms with Gasteiger partial charge in [0.25, 0.3) is 0 Å². The van der Waals surface area contributed by atoms with E-state index in [-0.39, 0.29) is 18.4 Å². The van der Waals surface area contributed by atoms with Gasteiger partial charge in [-0.05, 0) is 45.2 Å². The molecule has 0 spiro atoms. The van der Waals surface area contributed by atoms with Crippen molar-refractivity contribution in [1.82, 2.24) is 0 Å². The van der Waals surface area contributed by atoms with Crippen molar-refractivity contribution in [2.45, 2.75) is 46.5 Å². The maximum Gasteiger partial charge on any atom is 0.341 e. The molecule has 7 heteroatoms. The van der Waals surface area contributed by atoms with E-state index in [1.807, 2.05) is 51.1 Å². The highest BCUT2D eigenvalue weighted by Gasteiger charge is 2.38. The number of hydrogen-bond donors (Lipinski definition) is 2. The number of esters is 1. The predicted octanol–water partition coefficient (Wildman–Crippen LogP) is 5.46. The number of carbonyl (C=O) groups is 3. The summed E-state index contributed by atoms with van der Waals surface area (Å²) < 4.78 is 5.20. The summed E-state index contributed by atoms with van der Waals surface area (Å²) in [5.41, 5.74) is 3.45. The number of aliphatic carboxylic acids is 1. The second-order valence-electron chi connectivity index (χ2n) is 8.25. The lowest BCUT2D eigenvalue weighted by Gasteiger charge is -2.29. The number of anilines is 1. The molecule has 0 radical (unpaired) electrons. The molecule has 32 heavy (non-hydrogen) atoms. The number of amides is 1. The number of benzene rings is 1. The number of carboxylic acids is 1. The molecule has 1 aliphatic carbocycles. The zero-order valence-electron chi connectivity index (χ0n) is 18.8. The zero-order chi connectivity index (χ0) is 23.4. The van der Waals surface area contributed by atoms with Gasteiger partial charge >= 0.3 is 11.9 Å². The highest BCUT2D eigenvalue weighted by Crippen LogP contribution is 2.39. The number of allylic oxidation sites excluding steroid dienone is 2. The van der Waals surface area contributed by atoms with Crippen LogP contribution >= 0.6 is 11.3 Å². The Morgan fingerprint density at radius 2 is 1.75 bits per heavy atom. The molecule has 0 bridgehead atoms. The maximum absolute atomic E-state index is 13.2. The van der Waals surface area contributed by atoms with E-state index in [9.17, 15) is 19.5 Å². The van der Waals surface area contributed by atoms with Crippen LogP contribution in [-0.2, 0) is 14.3 Å². The Morgan fingerprint density at radius 3 is 2.34 bits per heavy atom. The largest absolute Gasteiger partial charge is 0.481 e. The molecule has 0 saturated carbocycles. The highest BCUT2D eigenvalue weighted by atomic mass is 32.1. The molecule has 1 amide bonds. The summed E-state index contributed by atoms with van der Waals surface area (Å²) in [5, 5.41) is 12.9. The first kappa shape index (κ1) is 23.7. The normalized spacial score (nSPS) is 19.4. The first-order valence-corrected chi connectivity index (χ1v) is 11.6. The van der Waals surface area contributed by atoms with Crippen LogP contribution in [0, 0.1) is 11.8 Å². The molecule has 1 aromatic heterocycles. The fourth-order valence-electron chi connectivity index (χ4n) is 4.01. The van der Waals surface area contributed by atoms with Crippen LogP contribution in [-0.4, -0.2) is 29.6 Å². The molecule has 3 rings (SSSR count). The maximum atomic E-state index is 13.2. The molecule has 1 aromatic carbocycles. The summed E-state index contributed by atoms with van der Waals surface area (Å²) in [6.45, 7) is 7.84. The van der Waals surface area contributed by atoms with E-state index in [0.717, 1.165) is 21.6 Å². The molecule has 2 aromatic rings. The van der Waals surface area contributed by atoms with Gasteiger partial charge in [0, 0.05) is 10.8 Å². The zero-order valence-corrected chi connectivity index (χ0v) is 19.6. The van der Waals surface area contributed by atoms with Gasteiger partial charge in [-0.15, -0.1) is 11.3 Å². The molecule has 0 unspecified atom stereocenters. The summed E-state index contributed by atoms with van der Waals surface area (Å²) in [6, 6.07) is 11.7. The van der Waals surface area contributed by atoms with Crippen molar-refractivity contribution in [3.63, 3.8) is 0 Å². The van der Waals surface area contributed by atoms with E-state index in [4.69, 9.17) is 4.74 Å². The van der Waals surface area contributed by atoms with Gasteiger partial charge in [-0.3, -0.25) is 9.59 Å². The van der Waals surface area contributed by atoms with Crippen molar-refractivity contribution in [3.8, 4) is 0 Å². The summed E-state index contributed by atoms with van der Waals surface area (Å²) in [7, 11) is 0. The SMILES string of the molecule is CCOC(=O)c1cc([C@@H](C)c2ccccc2)sc1NC(=O)[C@H]1CC(C)=C(C)C[C@H]1C(=O)O. The van der Waals surface area contributed by atoms with Crippen LogP contribution < -0.4 is 5.32 Å². The Morgan fingerprint density at radius 1 is 1.12 bits per heavy atom. The van der Waals surface area contributed by atoms with E-state index in [2.05, 4.69) is 5.32 Å². The monoisotopic (exact) mass is 455 g/mol. The summed E-state index contributed by atoms with van der Waals surface area (Å²) in [6.07, 6.45) is 0.743. The second kappa shape index (κ2) is 10.1. The molecule has 0 aliphatic heterocycles. The molecule has 0 fully saturated rings. The molecular formula is C25H29NO5S. The van der Waals surface area contributed by atoms with Crippen molar-refractivity contribution in [2.24, 2.45) is 11.8 Å². The van der Waals surface area contributed by atoms with Crippen molar-refractivity contribution in [1.29, 1.82) is 0 Å². The molecule has 0 saturated heterocycles. The van der Waals surface area contributed by atoms with E-state index in [1.165, 1.54) is 11.3 Å². The fraction of sp³-hybridized carbons (Fsp3) is 0.400. The van der Waals surface area contributed by atoms with Gasteiger partial charge in [0.05, 0.1) is 24.0 Å². The Hall–Kier alpha value is -2.93. The Labute approximate surface area is 192 Å². The average molecular weight is 456 g/mol. The van der Waals surface area contributed by atoms with Crippen LogP contribution in [0.25, 0.3) is 0 Å². The topological polar surface area (TPSA) is 92.7 Å². The predicted molar refractivity (Wildman–Crippen MR) is 125 cm³/mol. The molecular weight excluding hydrogens is 426 g/mol. The quantitative estimate of drug-likeness (QED) is 0.427. The van der Waals surface area contributed by atoms with Crippen LogP contribution in [0.1, 0.15) is 67.3 Å². The molecule has 3 atom stereocenters. The molecule has 6 nitrogen and oxygen atoms in total. The summed E-state index contributed by atoms with van der Waals surface area (Å²) >= 11 is 1.33. The van der Waals surface area contributed by atoms with E-state index >= 15 is 0 Å². The molecule has 1 heterocycles. The third-order valence-electron chi connectivity index (χ3n) is 6.13. The van der Waals surface area contributed by atoms with Gasteiger partial charge in [0.2, 0.25) is 5.91 Å². The lowest BCUT2D eigenvalue weighted by atomic mass is 9.76. The number of nitrogens with one attached hydrogen (secondary N) is 1. The number of rotatable bonds is 7. The summed E-state index contributed by atoms with van der Waals surface area (Å²) in [4.78, 5) is 38.5. The summed E-state index contributed by atoms with van der Waals surface area (Å²) in [5.74, 6) is -3.32. The third kappa shape index (κ3) is 5.10. The lowest BCUT2D eigenvalue weighted by molar-refractivity contribution is -0.146. The minimum atomic E-state index is -0.979. The smallest absolute Gasteiger partial charge is 0.341 e. The van der Waals surface area contributed by atoms with Crippen LogP contribution in [0.5, 0.6) is 0 Å². The highest BCUT2D eigenvalue weighted by molar-refractivity contribution is 7.16. The fourth-order valence-corrected chi connectivity index (χ4v) is 5.14. The van der Waals surface area contributed by atoms with Crippen LogP contribution in [0.15, 0.2) is 47.5 Å². The first-order chi connectivity index (χ1) is 15.2.